The Bertz CT molecular complexity index is 1680. The molecule has 2 aromatic rings. The summed E-state index contributed by atoms with van der Waals surface area (Å²) in [5, 5.41) is 9.32. The van der Waals surface area contributed by atoms with E-state index in [0.717, 1.165) is 33.9 Å². The molecular weight excluding hydrogens is 626 g/mol. The van der Waals surface area contributed by atoms with Gasteiger partial charge in [0.1, 0.15) is 6.16 Å². The summed E-state index contributed by atoms with van der Waals surface area (Å²) in [5.41, 5.74) is 5.08. The van der Waals surface area contributed by atoms with Crippen molar-refractivity contribution in [2.75, 3.05) is 44.5 Å². The molecule has 0 saturated carbocycles. The lowest BCUT2D eigenvalue weighted by atomic mass is 9.77. The first-order chi connectivity index (χ1) is 21.7. The van der Waals surface area contributed by atoms with Gasteiger partial charge in [-0.05, 0) is 51.3 Å². The quantitative estimate of drug-likeness (QED) is 0.107. The minimum absolute atomic E-state index is 0.0200. The van der Waals surface area contributed by atoms with Crippen LogP contribution in [-0.2, 0) is 33.8 Å². The van der Waals surface area contributed by atoms with Crippen molar-refractivity contribution in [3.8, 4) is 0 Å². The minimum Gasteiger partial charge on any atom is -0.481 e. The Hall–Kier alpha value is -3.10. The number of hydrogen-bond donors (Lipinski definition) is 3. The highest BCUT2D eigenvalue weighted by molar-refractivity contribution is 7.53. The molecule has 0 spiro atoms. The van der Waals surface area contributed by atoms with Gasteiger partial charge < -0.3 is 28.8 Å². The van der Waals surface area contributed by atoms with Crippen molar-refractivity contribution in [2.24, 2.45) is 0 Å². The molecule has 0 aliphatic carbocycles. The van der Waals surface area contributed by atoms with Crippen LogP contribution in [0.3, 0.4) is 0 Å². The number of nitrogens with zero attached hydrogens (tertiary/aromatic N) is 2. The summed E-state index contributed by atoms with van der Waals surface area (Å²) in [5.74, 6) is -0.851. The van der Waals surface area contributed by atoms with E-state index in [1.54, 1.807) is 0 Å². The van der Waals surface area contributed by atoms with E-state index in [2.05, 4.69) is 31.4 Å². The lowest BCUT2D eigenvalue weighted by Gasteiger charge is -2.30. The molecule has 0 bridgehead atoms. The molecule has 0 aromatic heterocycles. The molecule has 3 unspecified atom stereocenters. The van der Waals surface area contributed by atoms with E-state index in [-0.39, 0.29) is 30.7 Å². The molecule has 0 saturated heterocycles. The first-order valence-electron chi connectivity index (χ1n) is 15.3. The Morgan fingerprint density at radius 3 is 2.22 bits per heavy atom. The Labute approximate surface area is 271 Å². The highest BCUT2D eigenvalue weighted by Crippen LogP contribution is 2.52. The van der Waals surface area contributed by atoms with Gasteiger partial charge in [-0.1, -0.05) is 54.6 Å². The number of benzene rings is 2. The fourth-order valence-corrected chi connectivity index (χ4v) is 7.76. The average Bonchev–Trinajstić information content (AvgIpc) is 3.38. The number of para-hydroxylation sites is 2. The first-order valence-corrected chi connectivity index (χ1v) is 18.8. The van der Waals surface area contributed by atoms with Gasteiger partial charge in [0.05, 0.1) is 11.6 Å². The predicted octanol–water partition coefficient (Wildman–Crippen LogP) is 6.76. The molecule has 0 fully saturated rings. The number of fused-ring (bicyclic) bond motifs is 2. The number of carbonyl (C=O) groups is 1. The van der Waals surface area contributed by atoms with Crippen molar-refractivity contribution in [1.29, 1.82) is 0 Å². The van der Waals surface area contributed by atoms with Gasteiger partial charge in [-0.25, -0.2) is 0 Å². The largest absolute Gasteiger partial charge is 0.481 e. The molecular formula is C34H45N2O8P2+. The number of hydrogen-bond acceptors (Lipinski definition) is 6. The van der Waals surface area contributed by atoms with Crippen LogP contribution in [-0.4, -0.2) is 70.8 Å². The first kappa shape index (κ1) is 35.7. The topological polar surface area (TPSA) is 137 Å². The highest BCUT2D eigenvalue weighted by Gasteiger charge is 2.45. The summed E-state index contributed by atoms with van der Waals surface area (Å²) in [4.78, 5) is 33.7. The van der Waals surface area contributed by atoms with Gasteiger partial charge in [0, 0.05) is 61.7 Å². The molecule has 2 aliphatic rings. The number of carboxylic acids is 1. The summed E-state index contributed by atoms with van der Waals surface area (Å²) in [6.07, 6.45) is 10.8. The van der Waals surface area contributed by atoms with Crippen LogP contribution in [0.2, 0.25) is 0 Å². The number of aliphatic carboxylic acids is 1. The molecule has 0 amide bonds. The van der Waals surface area contributed by atoms with E-state index >= 15 is 0 Å². The van der Waals surface area contributed by atoms with E-state index in [1.165, 1.54) is 14.2 Å². The maximum Gasteiger partial charge on any atom is 0.334 e. The Balaban J connectivity index is 1.69. The fourth-order valence-electron chi connectivity index (χ4n) is 6.49. The summed E-state index contributed by atoms with van der Waals surface area (Å²) in [6.45, 7) is 6.90. The average molecular weight is 672 g/mol. The maximum atomic E-state index is 12.4. The highest BCUT2D eigenvalue weighted by atomic mass is 31.2. The Kier molecular flexibility index (Phi) is 11.1. The monoisotopic (exact) mass is 671 g/mol. The van der Waals surface area contributed by atoms with E-state index in [9.17, 15) is 28.8 Å². The van der Waals surface area contributed by atoms with Crippen LogP contribution in [0, 0.1) is 0 Å². The van der Waals surface area contributed by atoms with E-state index in [4.69, 9.17) is 9.05 Å². The van der Waals surface area contributed by atoms with Crippen LogP contribution >= 0.6 is 15.2 Å². The van der Waals surface area contributed by atoms with Crippen molar-refractivity contribution in [3.63, 3.8) is 0 Å². The predicted molar refractivity (Wildman–Crippen MR) is 182 cm³/mol. The zero-order valence-corrected chi connectivity index (χ0v) is 28.9. The molecule has 4 rings (SSSR count). The molecule has 3 atom stereocenters. The summed E-state index contributed by atoms with van der Waals surface area (Å²) in [6, 6.07) is 15.9. The van der Waals surface area contributed by atoms with Crippen molar-refractivity contribution in [1.82, 2.24) is 0 Å². The standard InChI is InChI=1S/C34H44N2O8P2/c1-33(2)26-14-9-11-16-28(26)35(22-24-45(39,40)43-4)30(33)18-7-6-8-19-31-34(3,21-13-20-32(37)38)27-15-10-12-17-29(27)36(31)23-25-46(41,42)44-5/h6-12,14-19H,13,20-25H2,1-5H3,(H2-,37,38,39,40,41,42)/p+1. The van der Waals surface area contributed by atoms with Gasteiger partial charge in [0.25, 0.3) is 0 Å². The Morgan fingerprint density at radius 1 is 0.913 bits per heavy atom. The van der Waals surface area contributed by atoms with Crippen LogP contribution in [0.1, 0.15) is 51.2 Å². The molecule has 3 N–H and O–H groups in total. The smallest absolute Gasteiger partial charge is 0.334 e. The van der Waals surface area contributed by atoms with E-state index in [1.807, 2.05) is 77.7 Å². The molecule has 2 aromatic carbocycles. The maximum absolute atomic E-state index is 12.4. The molecule has 0 radical (unpaired) electrons. The Morgan fingerprint density at radius 2 is 1.54 bits per heavy atom. The molecule has 46 heavy (non-hydrogen) atoms. The summed E-state index contributed by atoms with van der Waals surface area (Å²) < 4.78 is 36.5. The lowest BCUT2D eigenvalue weighted by molar-refractivity contribution is -0.432. The number of carboxylic acid groups (broad SMARTS) is 1. The van der Waals surface area contributed by atoms with Gasteiger partial charge in [0.2, 0.25) is 5.69 Å². The molecule has 2 aliphatic heterocycles. The fraction of sp³-hybridized carbons (Fsp3) is 0.412. The van der Waals surface area contributed by atoms with E-state index in [0.29, 0.717) is 19.4 Å². The third-order valence-corrected chi connectivity index (χ3v) is 11.7. The van der Waals surface area contributed by atoms with Gasteiger partial charge in [-0.2, -0.15) is 4.58 Å². The summed E-state index contributed by atoms with van der Waals surface area (Å²) >= 11 is 0. The van der Waals surface area contributed by atoms with Crippen molar-refractivity contribution in [2.45, 2.75) is 50.9 Å². The summed E-state index contributed by atoms with van der Waals surface area (Å²) in [7, 11) is -5.02. The van der Waals surface area contributed by atoms with Crippen LogP contribution in [0.15, 0.2) is 84.6 Å². The van der Waals surface area contributed by atoms with Crippen molar-refractivity contribution in [3.05, 3.63) is 95.7 Å². The van der Waals surface area contributed by atoms with Crippen LogP contribution in [0.5, 0.6) is 0 Å². The number of anilines is 1. The third-order valence-electron chi connectivity index (χ3n) is 9.03. The van der Waals surface area contributed by atoms with Crippen LogP contribution in [0.25, 0.3) is 0 Å². The molecule has 10 nitrogen and oxygen atoms in total. The van der Waals surface area contributed by atoms with Gasteiger partial charge in [0.15, 0.2) is 12.3 Å². The molecule has 2 heterocycles. The van der Waals surface area contributed by atoms with Gasteiger partial charge in [-0.3, -0.25) is 13.9 Å². The third kappa shape index (κ3) is 7.71. The molecule has 248 valence electrons. The van der Waals surface area contributed by atoms with Crippen LogP contribution in [0.4, 0.5) is 11.4 Å². The van der Waals surface area contributed by atoms with Gasteiger partial charge in [-0.15, -0.1) is 0 Å². The van der Waals surface area contributed by atoms with Gasteiger partial charge >= 0.3 is 21.2 Å². The lowest BCUT2D eigenvalue weighted by Crippen LogP contribution is -2.30. The zero-order valence-electron chi connectivity index (χ0n) is 27.1. The van der Waals surface area contributed by atoms with E-state index < -0.39 is 26.6 Å². The minimum atomic E-state index is -3.78. The number of rotatable bonds is 15. The van der Waals surface area contributed by atoms with Crippen molar-refractivity contribution >= 4 is 38.2 Å². The zero-order chi connectivity index (χ0) is 33.8. The number of allylic oxidation sites excluding steroid dienone is 6. The second-order valence-corrected chi connectivity index (χ2v) is 16.5. The normalized spacial score (nSPS) is 22.4. The van der Waals surface area contributed by atoms with Crippen LogP contribution < -0.4 is 4.90 Å². The van der Waals surface area contributed by atoms with Crippen molar-refractivity contribution < 1.29 is 42.4 Å². The second kappa shape index (κ2) is 14.3. The SMILES string of the molecule is COP(=O)(O)CCN1C(=CC=CC=CC2=[N+](CCP(=O)(O)OC)c3ccccc3C2(C)C)C(C)(CCCC(=O)O)c2ccccc21. The molecule has 12 heteroatoms. The second-order valence-electron chi connectivity index (χ2n) is 12.3.